The topological polar surface area (TPSA) is 34.9 Å². The third-order valence-electron chi connectivity index (χ3n) is 2.29. The summed E-state index contributed by atoms with van der Waals surface area (Å²) >= 11 is 4.89. The summed E-state index contributed by atoms with van der Waals surface area (Å²) < 4.78 is 2.75. The van der Waals surface area contributed by atoms with Crippen molar-refractivity contribution in [2.75, 3.05) is 0 Å². The van der Waals surface area contributed by atoms with Gasteiger partial charge in [-0.25, -0.2) is 0 Å². The molecule has 0 aliphatic carbocycles. The number of rotatable bonds is 4. The van der Waals surface area contributed by atoms with E-state index in [-0.39, 0.29) is 5.78 Å². The molecule has 16 heavy (non-hydrogen) atoms. The maximum absolute atomic E-state index is 11.8. The fraction of sp³-hybridized carbons (Fsp3) is 0.273. The van der Waals surface area contributed by atoms with Gasteiger partial charge in [0.15, 0.2) is 5.78 Å². The summed E-state index contributed by atoms with van der Waals surface area (Å²) in [5.41, 5.74) is 1.89. The molecule has 0 fully saturated rings. The van der Waals surface area contributed by atoms with Crippen molar-refractivity contribution < 1.29 is 4.79 Å². The van der Waals surface area contributed by atoms with Gasteiger partial charge in [-0.3, -0.25) is 9.48 Å². The lowest BCUT2D eigenvalue weighted by atomic mass is 10.1. The number of carbonyl (C=O) groups is 1. The Kier molecular flexibility index (Phi) is 3.56. The SMILES string of the molecule is Cn1cc(CCC(=O)c2csc(Br)c2)cn1. The zero-order valence-corrected chi connectivity index (χ0v) is 11.2. The maximum Gasteiger partial charge on any atom is 0.164 e. The Bertz CT molecular complexity index is 504. The standard InChI is InChI=1S/C11H11BrN2OS/c1-14-6-8(5-13-14)2-3-10(15)9-4-11(12)16-7-9/h4-7H,2-3H2,1H3. The van der Waals surface area contributed by atoms with Crippen molar-refractivity contribution in [3.05, 3.63) is 38.8 Å². The third-order valence-corrected chi connectivity index (χ3v) is 3.79. The predicted molar refractivity (Wildman–Crippen MR) is 67.9 cm³/mol. The molecule has 2 aromatic rings. The molecule has 0 atom stereocenters. The zero-order chi connectivity index (χ0) is 11.5. The second-order valence-electron chi connectivity index (χ2n) is 3.58. The van der Waals surface area contributed by atoms with Crippen molar-refractivity contribution in [3.8, 4) is 0 Å². The quantitative estimate of drug-likeness (QED) is 0.813. The summed E-state index contributed by atoms with van der Waals surface area (Å²) in [7, 11) is 1.88. The highest BCUT2D eigenvalue weighted by molar-refractivity contribution is 9.11. The van der Waals surface area contributed by atoms with Crippen molar-refractivity contribution in [3.63, 3.8) is 0 Å². The Balaban J connectivity index is 1.93. The van der Waals surface area contributed by atoms with Gasteiger partial charge in [0.2, 0.25) is 0 Å². The number of hydrogen-bond donors (Lipinski definition) is 0. The fourth-order valence-electron chi connectivity index (χ4n) is 1.46. The lowest BCUT2D eigenvalue weighted by Crippen LogP contribution is -1.98. The van der Waals surface area contributed by atoms with E-state index in [1.165, 1.54) is 11.3 Å². The molecule has 0 unspecified atom stereocenters. The molecule has 0 bridgehead atoms. The molecule has 0 amide bonds. The van der Waals surface area contributed by atoms with E-state index in [0.717, 1.165) is 21.3 Å². The van der Waals surface area contributed by atoms with Gasteiger partial charge in [0.1, 0.15) is 0 Å². The van der Waals surface area contributed by atoms with Gasteiger partial charge < -0.3 is 0 Å². The minimum Gasteiger partial charge on any atom is -0.294 e. The van der Waals surface area contributed by atoms with E-state index in [2.05, 4.69) is 21.0 Å². The van der Waals surface area contributed by atoms with Gasteiger partial charge in [0.05, 0.1) is 9.98 Å². The zero-order valence-electron chi connectivity index (χ0n) is 8.81. The Hall–Kier alpha value is -0.940. The van der Waals surface area contributed by atoms with E-state index in [0.29, 0.717) is 6.42 Å². The number of ketones is 1. The molecule has 0 aliphatic heterocycles. The molecular formula is C11H11BrN2OS. The van der Waals surface area contributed by atoms with Gasteiger partial charge in [-0.15, -0.1) is 11.3 Å². The van der Waals surface area contributed by atoms with Crippen LogP contribution < -0.4 is 0 Å². The number of nitrogens with zero attached hydrogens (tertiary/aromatic N) is 2. The lowest BCUT2D eigenvalue weighted by molar-refractivity contribution is 0.0983. The highest BCUT2D eigenvalue weighted by Crippen LogP contribution is 2.22. The van der Waals surface area contributed by atoms with Gasteiger partial charge in [-0.2, -0.15) is 5.10 Å². The van der Waals surface area contributed by atoms with Crippen LogP contribution in [0.15, 0.2) is 27.6 Å². The summed E-state index contributed by atoms with van der Waals surface area (Å²) in [4.78, 5) is 11.8. The van der Waals surface area contributed by atoms with Gasteiger partial charge in [-0.1, -0.05) is 0 Å². The largest absolute Gasteiger partial charge is 0.294 e. The number of Topliss-reactive ketones (excluding diaryl/α,β-unsaturated/α-hetero) is 1. The smallest absolute Gasteiger partial charge is 0.164 e. The van der Waals surface area contributed by atoms with E-state index in [1.807, 2.05) is 24.7 Å². The Morgan fingerprint density at radius 3 is 3.00 bits per heavy atom. The highest BCUT2D eigenvalue weighted by atomic mass is 79.9. The number of aryl methyl sites for hydroxylation is 2. The van der Waals surface area contributed by atoms with Crippen LogP contribution in [0.25, 0.3) is 0 Å². The third kappa shape index (κ3) is 2.80. The molecule has 2 heterocycles. The van der Waals surface area contributed by atoms with Crippen LogP contribution in [0.4, 0.5) is 0 Å². The maximum atomic E-state index is 11.8. The monoisotopic (exact) mass is 298 g/mol. The Labute approximate surface area is 106 Å². The predicted octanol–water partition coefficient (Wildman–Crippen LogP) is 3.06. The first kappa shape index (κ1) is 11.5. The van der Waals surface area contributed by atoms with E-state index < -0.39 is 0 Å². The van der Waals surface area contributed by atoms with Crippen LogP contribution in [0.3, 0.4) is 0 Å². The van der Waals surface area contributed by atoms with E-state index >= 15 is 0 Å². The molecular weight excluding hydrogens is 288 g/mol. The van der Waals surface area contributed by atoms with Crippen LogP contribution in [-0.2, 0) is 13.5 Å². The van der Waals surface area contributed by atoms with Crippen LogP contribution in [0, 0.1) is 0 Å². The highest BCUT2D eigenvalue weighted by Gasteiger charge is 2.08. The van der Waals surface area contributed by atoms with Crippen molar-refractivity contribution >= 4 is 33.0 Å². The van der Waals surface area contributed by atoms with Crippen molar-refractivity contribution in [1.29, 1.82) is 0 Å². The molecule has 0 saturated carbocycles. The number of thiophene rings is 1. The molecule has 5 heteroatoms. The number of halogens is 1. The summed E-state index contributed by atoms with van der Waals surface area (Å²) in [5, 5.41) is 5.96. The van der Waals surface area contributed by atoms with E-state index in [9.17, 15) is 4.79 Å². The van der Waals surface area contributed by atoms with Crippen LogP contribution in [0.5, 0.6) is 0 Å². The van der Waals surface area contributed by atoms with Gasteiger partial charge in [0.25, 0.3) is 0 Å². The molecule has 0 N–H and O–H groups in total. The van der Waals surface area contributed by atoms with Crippen LogP contribution in [0.1, 0.15) is 22.3 Å². The minimum atomic E-state index is 0.186. The van der Waals surface area contributed by atoms with Gasteiger partial charge >= 0.3 is 0 Å². The number of hydrogen-bond acceptors (Lipinski definition) is 3. The molecule has 0 spiro atoms. The normalized spacial score (nSPS) is 10.6. The summed E-state index contributed by atoms with van der Waals surface area (Å²) in [6, 6.07) is 1.87. The Morgan fingerprint density at radius 2 is 2.44 bits per heavy atom. The summed E-state index contributed by atoms with van der Waals surface area (Å²) in [5.74, 6) is 0.186. The summed E-state index contributed by atoms with van der Waals surface area (Å²) in [6.45, 7) is 0. The molecule has 3 nitrogen and oxygen atoms in total. The lowest BCUT2D eigenvalue weighted by Gasteiger charge is -1.95. The molecule has 0 radical (unpaired) electrons. The second kappa shape index (κ2) is 4.93. The molecule has 0 saturated heterocycles. The van der Waals surface area contributed by atoms with Crippen molar-refractivity contribution in [2.24, 2.45) is 7.05 Å². The average molecular weight is 299 g/mol. The first-order chi connectivity index (χ1) is 7.65. The average Bonchev–Trinajstić information content (AvgIpc) is 2.84. The fourth-order valence-corrected chi connectivity index (χ4v) is 2.62. The number of aromatic nitrogens is 2. The van der Waals surface area contributed by atoms with Crippen LogP contribution in [0.2, 0.25) is 0 Å². The molecule has 2 aromatic heterocycles. The Morgan fingerprint density at radius 1 is 1.62 bits per heavy atom. The van der Waals surface area contributed by atoms with E-state index in [4.69, 9.17) is 0 Å². The van der Waals surface area contributed by atoms with Crippen molar-refractivity contribution in [2.45, 2.75) is 12.8 Å². The minimum absolute atomic E-state index is 0.186. The van der Waals surface area contributed by atoms with Gasteiger partial charge in [-0.05, 0) is 34.0 Å². The van der Waals surface area contributed by atoms with Crippen LogP contribution in [-0.4, -0.2) is 15.6 Å². The first-order valence-corrected chi connectivity index (χ1v) is 6.57. The second-order valence-corrected chi connectivity index (χ2v) is 5.88. The van der Waals surface area contributed by atoms with Crippen molar-refractivity contribution in [1.82, 2.24) is 9.78 Å². The first-order valence-electron chi connectivity index (χ1n) is 4.90. The molecule has 0 aliphatic rings. The summed E-state index contributed by atoms with van der Waals surface area (Å²) in [6.07, 6.45) is 5.03. The van der Waals surface area contributed by atoms with Gasteiger partial charge in [0, 0.05) is 30.6 Å². The van der Waals surface area contributed by atoms with E-state index in [1.54, 1.807) is 10.9 Å². The molecule has 0 aromatic carbocycles. The molecule has 2 rings (SSSR count). The molecule has 84 valence electrons. The number of carbonyl (C=O) groups excluding carboxylic acids is 1. The van der Waals surface area contributed by atoms with Crippen LogP contribution >= 0.6 is 27.3 Å².